The molecule has 1 aliphatic rings. The Hall–Kier alpha value is -3.59. The number of pyridine rings is 2. The van der Waals surface area contributed by atoms with Gasteiger partial charge in [-0.1, -0.05) is 63.6 Å². The SMILES string of the molecule is Cc1[c-]c2c(c(C)c1)COc1cc3c(CC(C)C)cccc3nc1-2.[Ir].[c-]1cccc2ccc3cccnc3c12. The van der Waals surface area contributed by atoms with Crippen LogP contribution in [0.5, 0.6) is 5.75 Å². The minimum Gasteiger partial charge on any atom is -0.506 e. The molecule has 0 unspecified atom stereocenters. The number of aryl methyl sites for hydroxylation is 2. The summed E-state index contributed by atoms with van der Waals surface area (Å²) in [6.07, 6.45) is 2.88. The number of rotatable bonds is 2. The maximum atomic E-state index is 6.06. The standard InChI is InChI=1S/C22H22NO.C13H8N.Ir/c1-13(2)8-16-6-5-7-20-17(16)11-21-22(23-20)18-10-14(3)9-15(4)19(18)12-24-21;1-2-6-12-10(4-1)7-8-11-5-3-9-14-13(11)12;/h5-7,9,11,13H,8,12H2,1-4H3;1-5,7-9H;/q2*-1;. The molecule has 0 spiro atoms. The van der Waals surface area contributed by atoms with E-state index in [1.165, 1.54) is 32.8 Å². The summed E-state index contributed by atoms with van der Waals surface area (Å²) < 4.78 is 6.06. The predicted molar refractivity (Wildman–Crippen MR) is 156 cm³/mol. The van der Waals surface area contributed by atoms with Gasteiger partial charge in [-0.25, -0.2) is 0 Å². The monoisotopic (exact) mass is 687 g/mol. The minimum absolute atomic E-state index is 0. The van der Waals surface area contributed by atoms with Gasteiger partial charge >= 0.3 is 0 Å². The van der Waals surface area contributed by atoms with Crippen LogP contribution in [0.15, 0.2) is 79.0 Å². The zero-order valence-corrected chi connectivity index (χ0v) is 25.0. The van der Waals surface area contributed by atoms with E-state index in [0.29, 0.717) is 12.5 Å². The average Bonchev–Trinajstić information content (AvgIpc) is 2.92. The molecule has 3 heterocycles. The van der Waals surface area contributed by atoms with Crippen LogP contribution in [0, 0.1) is 31.9 Å². The van der Waals surface area contributed by atoms with Crippen molar-refractivity contribution in [3.05, 3.63) is 113 Å². The summed E-state index contributed by atoms with van der Waals surface area (Å²) in [5.41, 5.74) is 9.05. The van der Waals surface area contributed by atoms with E-state index in [1.54, 1.807) is 0 Å². The van der Waals surface area contributed by atoms with Crippen molar-refractivity contribution in [2.75, 3.05) is 0 Å². The molecule has 7 rings (SSSR count). The van der Waals surface area contributed by atoms with Crippen LogP contribution in [0.3, 0.4) is 0 Å². The number of hydrogen-bond acceptors (Lipinski definition) is 3. The number of fused-ring (bicyclic) bond motifs is 7. The van der Waals surface area contributed by atoms with E-state index in [9.17, 15) is 0 Å². The summed E-state index contributed by atoms with van der Waals surface area (Å²) in [5, 5.41) is 4.67. The first-order valence-electron chi connectivity index (χ1n) is 13.2. The van der Waals surface area contributed by atoms with E-state index in [-0.39, 0.29) is 20.1 Å². The Morgan fingerprint density at radius 3 is 2.62 bits per heavy atom. The van der Waals surface area contributed by atoms with Crippen LogP contribution in [-0.4, -0.2) is 9.97 Å². The molecule has 0 saturated heterocycles. The second kappa shape index (κ2) is 11.3. The molecular weight excluding hydrogens is 657 g/mol. The quantitative estimate of drug-likeness (QED) is 0.135. The molecule has 0 atom stereocenters. The Kier molecular flexibility index (Phi) is 7.79. The summed E-state index contributed by atoms with van der Waals surface area (Å²) in [7, 11) is 0. The molecule has 4 aromatic carbocycles. The van der Waals surface area contributed by atoms with Gasteiger partial charge in [-0.05, 0) is 47.0 Å². The van der Waals surface area contributed by atoms with Gasteiger partial charge in [0.1, 0.15) is 5.75 Å². The Balaban J connectivity index is 0.000000175. The Labute approximate surface area is 243 Å². The van der Waals surface area contributed by atoms with E-state index in [2.05, 4.69) is 99.4 Å². The first kappa shape index (κ1) is 27.0. The van der Waals surface area contributed by atoms with Crippen molar-refractivity contribution in [3.63, 3.8) is 0 Å². The van der Waals surface area contributed by atoms with Crippen molar-refractivity contribution in [3.8, 4) is 17.0 Å². The smallest absolute Gasteiger partial charge is 0.104 e. The average molecular weight is 687 g/mol. The first-order chi connectivity index (χ1) is 18.5. The summed E-state index contributed by atoms with van der Waals surface area (Å²) in [6.45, 7) is 9.32. The zero-order valence-electron chi connectivity index (χ0n) is 22.6. The molecule has 1 radical (unpaired) electrons. The van der Waals surface area contributed by atoms with Gasteiger partial charge in [0, 0.05) is 37.4 Å². The van der Waals surface area contributed by atoms with Crippen LogP contribution in [0.2, 0.25) is 0 Å². The van der Waals surface area contributed by atoms with Gasteiger partial charge in [0.25, 0.3) is 0 Å². The number of hydrogen-bond donors (Lipinski definition) is 0. The van der Waals surface area contributed by atoms with Crippen molar-refractivity contribution in [2.24, 2.45) is 5.92 Å². The van der Waals surface area contributed by atoms with Crippen LogP contribution < -0.4 is 4.74 Å². The van der Waals surface area contributed by atoms with Gasteiger partial charge in [0.2, 0.25) is 0 Å². The van der Waals surface area contributed by atoms with Gasteiger partial charge in [-0.15, -0.1) is 63.9 Å². The van der Waals surface area contributed by atoms with E-state index in [4.69, 9.17) is 9.72 Å². The molecule has 0 amide bonds. The van der Waals surface area contributed by atoms with Gasteiger partial charge in [0.15, 0.2) is 0 Å². The third-order valence-corrected chi connectivity index (χ3v) is 7.09. The van der Waals surface area contributed by atoms with Gasteiger partial charge in [-0.3, -0.25) is 4.98 Å². The van der Waals surface area contributed by atoms with Gasteiger partial charge in [0.05, 0.1) is 12.1 Å². The summed E-state index contributed by atoms with van der Waals surface area (Å²) in [4.78, 5) is 9.33. The predicted octanol–water partition coefficient (Wildman–Crippen LogP) is 8.60. The second-order valence-corrected chi connectivity index (χ2v) is 10.5. The number of nitrogens with zero attached hydrogens (tertiary/aromatic N) is 2. The summed E-state index contributed by atoms with van der Waals surface area (Å²) in [6, 6.07) is 31.7. The van der Waals surface area contributed by atoms with Crippen molar-refractivity contribution in [2.45, 2.75) is 40.7 Å². The minimum atomic E-state index is 0. The van der Waals surface area contributed by atoms with Crippen LogP contribution in [0.25, 0.3) is 43.8 Å². The Bertz CT molecular complexity index is 1750. The molecule has 197 valence electrons. The number of ether oxygens (including phenoxy) is 1. The topological polar surface area (TPSA) is 35.0 Å². The largest absolute Gasteiger partial charge is 0.506 e. The molecule has 6 aromatic rings. The second-order valence-electron chi connectivity index (χ2n) is 10.5. The van der Waals surface area contributed by atoms with Gasteiger partial charge < -0.3 is 9.72 Å². The fraction of sp³-hybridized carbons (Fsp3) is 0.200. The summed E-state index contributed by atoms with van der Waals surface area (Å²) >= 11 is 0. The first-order valence-corrected chi connectivity index (χ1v) is 13.2. The molecule has 0 N–H and O–H groups in total. The Morgan fingerprint density at radius 2 is 1.77 bits per heavy atom. The fourth-order valence-corrected chi connectivity index (χ4v) is 5.34. The van der Waals surface area contributed by atoms with Crippen LogP contribution in [0.1, 0.15) is 36.1 Å². The van der Waals surface area contributed by atoms with Crippen molar-refractivity contribution < 1.29 is 24.8 Å². The molecule has 2 aromatic heterocycles. The molecule has 39 heavy (non-hydrogen) atoms. The maximum absolute atomic E-state index is 6.06. The summed E-state index contributed by atoms with van der Waals surface area (Å²) in [5.74, 6) is 1.50. The van der Waals surface area contributed by atoms with E-state index < -0.39 is 0 Å². The molecule has 0 aliphatic carbocycles. The molecule has 0 fully saturated rings. The molecule has 3 nitrogen and oxygen atoms in total. The van der Waals surface area contributed by atoms with Crippen molar-refractivity contribution in [1.29, 1.82) is 0 Å². The van der Waals surface area contributed by atoms with Crippen molar-refractivity contribution >= 4 is 32.6 Å². The molecule has 0 saturated carbocycles. The number of aromatic nitrogens is 2. The molecule has 1 aliphatic heterocycles. The third kappa shape index (κ3) is 5.32. The van der Waals surface area contributed by atoms with Crippen LogP contribution in [0.4, 0.5) is 0 Å². The normalized spacial score (nSPS) is 11.8. The van der Waals surface area contributed by atoms with E-state index >= 15 is 0 Å². The fourth-order valence-electron chi connectivity index (χ4n) is 5.34. The Morgan fingerprint density at radius 1 is 0.949 bits per heavy atom. The molecular formula is C35H30IrN2O-2. The van der Waals surface area contributed by atoms with Crippen molar-refractivity contribution in [1.82, 2.24) is 9.97 Å². The zero-order chi connectivity index (χ0) is 26.2. The van der Waals surface area contributed by atoms with Crippen LogP contribution in [-0.2, 0) is 33.1 Å². The van der Waals surface area contributed by atoms with E-state index in [0.717, 1.165) is 45.4 Å². The van der Waals surface area contributed by atoms with Crippen LogP contribution >= 0.6 is 0 Å². The maximum Gasteiger partial charge on any atom is 0.104 e. The molecule has 0 bridgehead atoms. The van der Waals surface area contributed by atoms with Gasteiger partial charge in [-0.2, -0.15) is 0 Å². The third-order valence-electron chi connectivity index (χ3n) is 7.09. The number of benzene rings is 4. The van der Waals surface area contributed by atoms with E-state index in [1.807, 2.05) is 24.4 Å². The molecule has 4 heteroatoms.